The van der Waals surface area contributed by atoms with Gasteiger partial charge in [-0.15, -0.1) is 0 Å². The Morgan fingerprint density at radius 1 is 1.20 bits per heavy atom. The van der Waals surface area contributed by atoms with Gasteiger partial charge in [-0.1, -0.05) is 33.8 Å². The Morgan fingerprint density at radius 3 is 2.20 bits per heavy atom. The minimum atomic E-state index is -1.06. The van der Waals surface area contributed by atoms with Crippen molar-refractivity contribution in [2.45, 2.75) is 27.7 Å². The van der Waals surface area contributed by atoms with Gasteiger partial charge in [-0.05, 0) is 38.9 Å². The van der Waals surface area contributed by atoms with Crippen molar-refractivity contribution in [3.8, 4) is 0 Å². The lowest BCUT2D eigenvalue weighted by Crippen LogP contribution is -2.19. The van der Waals surface area contributed by atoms with Gasteiger partial charge in [0.2, 0.25) is 5.91 Å². The molecule has 0 bridgehead atoms. The lowest BCUT2D eigenvalue weighted by atomic mass is 10.0. The fourth-order valence-electron chi connectivity index (χ4n) is 2.88. The number of nitrogens with one attached hydrogen (secondary N) is 1. The summed E-state index contributed by atoms with van der Waals surface area (Å²) in [5.74, 6) is -1.31. The van der Waals surface area contributed by atoms with Crippen LogP contribution in [-0.2, 0) is 4.79 Å². The van der Waals surface area contributed by atoms with Crippen LogP contribution in [0.1, 0.15) is 38.1 Å². The lowest BCUT2D eigenvalue weighted by molar-refractivity contribution is -0.118. The van der Waals surface area contributed by atoms with E-state index in [1.54, 1.807) is 12.1 Å². The molecule has 1 aliphatic rings. The maximum atomic E-state index is 12.4. The monoisotopic (exact) mass is 339 g/mol. The van der Waals surface area contributed by atoms with Crippen molar-refractivity contribution in [2.24, 2.45) is 16.7 Å². The van der Waals surface area contributed by atoms with Crippen LogP contribution in [0.15, 0.2) is 22.7 Å². The summed E-state index contributed by atoms with van der Waals surface area (Å²) >= 11 is 3.29. The third-order valence-electron chi connectivity index (χ3n) is 4.78. The molecule has 5 heteroatoms. The third kappa shape index (κ3) is 2.14. The Kier molecular flexibility index (Phi) is 3.45. The zero-order chi connectivity index (χ0) is 15.3. The van der Waals surface area contributed by atoms with Gasteiger partial charge in [0.25, 0.3) is 0 Å². The number of carbonyl (C=O) groups is 2. The van der Waals surface area contributed by atoms with Crippen LogP contribution in [0.25, 0.3) is 0 Å². The predicted molar refractivity (Wildman–Crippen MR) is 80.8 cm³/mol. The third-order valence-corrected chi connectivity index (χ3v) is 5.44. The van der Waals surface area contributed by atoms with Gasteiger partial charge < -0.3 is 10.4 Å². The van der Waals surface area contributed by atoms with Crippen molar-refractivity contribution in [1.29, 1.82) is 0 Å². The first-order valence-electron chi connectivity index (χ1n) is 6.43. The van der Waals surface area contributed by atoms with Gasteiger partial charge in [-0.3, -0.25) is 4.79 Å². The standard InChI is InChI=1S/C15H18BrNO3/c1-14(2)11(15(14,3)4)12(18)17-10-8(13(19)20)6-5-7-9(10)16/h5-7,11H,1-4H3,(H,17,18)(H,19,20). The van der Waals surface area contributed by atoms with Gasteiger partial charge in [-0.25, -0.2) is 4.79 Å². The first-order valence-corrected chi connectivity index (χ1v) is 7.22. The minimum Gasteiger partial charge on any atom is -0.478 e. The molecule has 1 aromatic rings. The number of para-hydroxylation sites is 1. The molecule has 0 heterocycles. The zero-order valence-electron chi connectivity index (χ0n) is 12.0. The highest BCUT2D eigenvalue weighted by molar-refractivity contribution is 9.10. The molecule has 1 saturated carbocycles. The molecule has 0 atom stereocenters. The molecule has 0 radical (unpaired) electrons. The van der Waals surface area contributed by atoms with Crippen molar-refractivity contribution in [2.75, 3.05) is 5.32 Å². The molecular formula is C15H18BrNO3. The fraction of sp³-hybridized carbons (Fsp3) is 0.467. The van der Waals surface area contributed by atoms with Crippen LogP contribution in [0.5, 0.6) is 0 Å². The number of aromatic carboxylic acids is 1. The van der Waals surface area contributed by atoms with Crippen LogP contribution in [0, 0.1) is 16.7 Å². The molecule has 0 saturated heterocycles. The molecule has 2 rings (SSSR count). The van der Waals surface area contributed by atoms with E-state index in [0.717, 1.165) is 0 Å². The maximum Gasteiger partial charge on any atom is 0.337 e. The summed E-state index contributed by atoms with van der Waals surface area (Å²) in [7, 11) is 0. The molecule has 1 aliphatic carbocycles. The first-order chi connectivity index (χ1) is 9.10. The Hall–Kier alpha value is -1.36. The second-order valence-corrected chi connectivity index (χ2v) is 7.19. The van der Waals surface area contributed by atoms with E-state index in [1.807, 2.05) is 0 Å². The predicted octanol–water partition coefficient (Wildman–Crippen LogP) is 3.77. The molecule has 0 unspecified atom stereocenters. The summed E-state index contributed by atoms with van der Waals surface area (Å²) in [5, 5.41) is 12.0. The zero-order valence-corrected chi connectivity index (χ0v) is 13.5. The molecule has 1 aromatic carbocycles. The van der Waals surface area contributed by atoms with E-state index in [4.69, 9.17) is 0 Å². The molecule has 0 aliphatic heterocycles. The van der Waals surface area contributed by atoms with Crippen LogP contribution in [-0.4, -0.2) is 17.0 Å². The molecule has 1 fully saturated rings. The van der Waals surface area contributed by atoms with E-state index in [-0.39, 0.29) is 28.2 Å². The maximum absolute atomic E-state index is 12.4. The Morgan fingerprint density at radius 2 is 1.75 bits per heavy atom. The highest BCUT2D eigenvalue weighted by Crippen LogP contribution is 2.68. The van der Waals surface area contributed by atoms with E-state index >= 15 is 0 Å². The van der Waals surface area contributed by atoms with E-state index in [9.17, 15) is 14.7 Å². The molecular weight excluding hydrogens is 322 g/mol. The van der Waals surface area contributed by atoms with Gasteiger partial charge in [0.05, 0.1) is 11.3 Å². The molecule has 0 spiro atoms. The van der Waals surface area contributed by atoms with Crippen LogP contribution in [0.4, 0.5) is 5.69 Å². The number of amides is 1. The van der Waals surface area contributed by atoms with E-state index in [0.29, 0.717) is 10.2 Å². The fourth-order valence-corrected chi connectivity index (χ4v) is 3.34. The number of anilines is 1. The Balaban J connectivity index is 2.29. The number of rotatable bonds is 3. The largest absolute Gasteiger partial charge is 0.478 e. The van der Waals surface area contributed by atoms with E-state index in [2.05, 4.69) is 48.9 Å². The second kappa shape index (κ2) is 4.58. The summed E-state index contributed by atoms with van der Waals surface area (Å²) < 4.78 is 0.571. The van der Waals surface area contributed by atoms with E-state index in [1.165, 1.54) is 6.07 Å². The number of hydrogen-bond donors (Lipinski definition) is 2. The van der Waals surface area contributed by atoms with Gasteiger partial charge in [-0.2, -0.15) is 0 Å². The van der Waals surface area contributed by atoms with Crippen LogP contribution >= 0.6 is 15.9 Å². The highest BCUT2D eigenvalue weighted by atomic mass is 79.9. The van der Waals surface area contributed by atoms with Crippen LogP contribution < -0.4 is 5.32 Å². The smallest absolute Gasteiger partial charge is 0.337 e. The number of carboxylic acid groups (broad SMARTS) is 1. The van der Waals surface area contributed by atoms with Crippen molar-refractivity contribution < 1.29 is 14.7 Å². The van der Waals surface area contributed by atoms with Crippen molar-refractivity contribution in [3.05, 3.63) is 28.2 Å². The molecule has 2 N–H and O–H groups in total. The van der Waals surface area contributed by atoms with Crippen molar-refractivity contribution >= 4 is 33.5 Å². The Labute approximate surface area is 126 Å². The van der Waals surface area contributed by atoms with Crippen LogP contribution in [0.3, 0.4) is 0 Å². The molecule has 20 heavy (non-hydrogen) atoms. The van der Waals surface area contributed by atoms with Gasteiger partial charge >= 0.3 is 5.97 Å². The summed E-state index contributed by atoms with van der Waals surface area (Å²) in [4.78, 5) is 23.6. The van der Waals surface area contributed by atoms with Crippen LogP contribution in [0.2, 0.25) is 0 Å². The first kappa shape index (κ1) is 15.0. The average Bonchev–Trinajstić information content (AvgIpc) is 2.71. The van der Waals surface area contributed by atoms with E-state index < -0.39 is 5.97 Å². The quantitative estimate of drug-likeness (QED) is 0.880. The second-order valence-electron chi connectivity index (χ2n) is 6.33. The van der Waals surface area contributed by atoms with Crippen molar-refractivity contribution in [3.63, 3.8) is 0 Å². The summed E-state index contributed by atoms with van der Waals surface area (Å²) in [6.07, 6.45) is 0. The highest BCUT2D eigenvalue weighted by Gasteiger charge is 2.68. The van der Waals surface area contributed by atoms with Gasteiger partial charge in [0, 0.05) is 10.4 Å². The number of benzene rings is 1. The molecule has 0 aromatic heterocycles. The summed E-state index contributed by atoms with van der Waals surface area (Å²) in [6.45, 7) is 8.20. The number of carbonyl (C=O) groups excluding carboxylic acids is 1. The summed E-state index contributed by atoms with van der Waals surface area (Å²) in [6, 6.07) is 4.82. The number of hydrogen-bond acceptors (Lipinski definition) is 2. The molecule has 4 nitrogen and oxygen atoms in total. The SMILES string of the molecule is CC1(C)C(C(=O)Nc2c(Br)cccc2C(=O)O)C1(C)C. The normalized spacial score (nSPS) is 19.4. The number of halogens is 1. The molecule has 108 valence electrons. The topological polar surface area (TPSA) is 66.4 Å². The summed E-state index contributed by atoms with van der Waals surface area (Å²) in [5.41, 5.74) is 0.246. The lowest BCUT2D eigenvalue weighted by Gasteiger charge is -2.11. The average molecular weight is 340 g/mol. The van der Waals surface area contributed by atoms with Crippen molar-refractivity contribution in [1.82, 2.24) is 0 Å². The number of carboxylic acids is 1. The van der Waals surface area contributed by atoms with Gasteiger partial charge in [0.15, 0.2) is 0 Å². The molecule has 1 amide bonds. The van der Waals surface area contributed by atoms with Gasteiger partial charge in [0.1, 0.15) is 0 Å². The Bertz CT molecular complexity index is 579. The minimum absolute atomic E-state index is 0.0816.